The van der Waals surface area contributed by atoms with E-state index in [2.05, 4.69) is 24.3 Å². The Labute approximate surface area is 232 Å². The molecule has 0 saturated carbocycles. The Bertz CT molecular complexity index is 1220. The molecule has 0 aliphatic carbocycles. The zero-order valence-electron chi connectivity index (χ0n) is 18.2. The first-order valence-electron chi connectivity index (χ1n) is 10.5. The maximum atomic E-state index is 11.3. The number of carbonyl (C=O) groups is 2. The summed E-state index contributed by atoms with van der Waals surface area (Å²) in [5, 5.41) is 0. The number of allylic oxidation sites excluding steroid dienone is 2. The molecular weight excluding hydrogens is 552 g/mol. The van der Waals surface area contributed by atoms with Gasteiger partial charge in [0.25, 0.3) is 0 Å². The molecule has 0 N–H and O–H groups in total. The monoisotopic (exact) mass is 570 g/mol. The van der Waals surface area contributed by atoms with Crippen LogP contribution in [0.4, 0.5) is 0 Å². The fraction of sp³-hybridized carbons (Fsp3) is 0. The smallest absolute Gasteiger partial charge is 0.0849 e. The first-order chi connectivity index (χ1) is 16.8. The molecule has 0 aromatic heterocycles. The quantitative estimate of drug-likeness (QED) is 0.106. The summed E-state index contributed by atoms with van der Waals surface area (Å²) in [5.41, 5.74) is 3.59. The Morgan fingerprint density at radius 3 is 1.06 bits per heavy atom. The summed E-state index contributed by atoms with van der Waals surface area (Å²) >= 11 is 6.71. The topological polar surface area (TPSA) is 34.1 Å². The van der Waals surface area contributed by atoms with Gasteiger partial charge in [-0.15, -0.1) is 71.3 Å². The van der Waals surface area contributed by atoms with Crippen LogP contribution in [0.1, 0.15) is 11.1 Å². The number of benzene rings is 2. The summed E-state index contributed by atoms with van der Waals surface area (Å²) in [6, 6.07) is 32.2. The van der Waals surface area contributed by atoms with Crippen molar-refractivity contribution in [3.05, 3.63) is 117 Å². The van der Waals surface area contributed by atoms with Crippen molar-refractivity contribution in [3.63, 3.8) is 0 Å². The SMILES string of the molecule is O=CC(=C1Sc2ccccc2S1)[c-]1cccc1.O=CC(=C1Sc2ccccc2S1)[c-]1cccc1.[Fe]. The number of rotatable bonds is 4. The molecule has 0 atom stereocenters. The number of hydrogen-bond acceptors (Lipinski definition) is 6. The minimum Gasteiger partial charge on any atom is -0.344 e. The van der Waals surface area contributed by atoms with E-state index in [0.29, 0.717) is 0 Å². The average molecular weight is 571 g/mol. The zero-order chi connectivity index (χ0) is 23.3. The van der Waals surface area contributed by atoms with Crippen LogP contribution < -0.4 is 0 Å². The molecule has 0 spiro atoms. The zero-order valence-corrected chi connectivity index (χ0v) is 22.6. The summed E-state index contributed by atoms with van der Waals surface area (Å²) in [4.78, 5) is 27.5. The molecule has 0 amide bonds. The van der Waals surface area contributed by atoms with Crippen LogP contribution >= 0.6 is 47.0 Å². The minimum absolute atomic E-state index is 0. The van der Waals surface area contributed by atoms with Crippen molar-refractivity contribution in [2.75, 3.05) is 0 Å². The van der Waals surface area contributed by atoms with Gasteiger partial charge < -0.3 is 9.59 Å². The molecule has 2 aliphatic heterocycles. The van der Waals surface area contributed by atoms with E-state index in [0.717, 1.165) is 43.3 Å². The van der Waals surface area contributed by atoms with Crippen LogP contribution in [-0.2, 0) is 26.7 Å². The first-order valence-corrected chi connectivity index (χ1v) is 13.8. The third-order valence-electron chi connectivity index (χ3n) is 5.13. The van der Waals surface area contributed by atoms with Crippen LogP contribution in [0.2, 0.25) is 0 Å². The standard InChI is InChI=1S/2C14H9OS2.Fe/c2*15-9-11(10-5-1-2-6-10)14-16-12-7-3-4-8-13(12)17-14;/h2*1-9H;/q2*-1;. The fourth-order valence-corrected chi connectivity index (χ4v) is 8.55. The van der Waals surface area contributed by atoms with Crippen LogP contribution in [-0.4, -0.2) is 12.6 Å². The van der Waals surface area contributed by atoms with Gasteiger partial charge in [-0.25, -0.2) is 0 Å². The van der Waals surface area contributed by atoms with Crippen LogP contribution in [0.15, 0.2) is 125 Å². The van der Waals surface area contributed by atoms with Gasteiger partial charge in [-0.1, -0.05) is 46.5 Å². The molecule has 4 aromatic rings. The summed E-state index contributed by atoms with van der Waals surface area (Å²) in [6.07, 6.45) is 1.91. The van der Waals surface area contributed by atoms with Crippen molar-refractivity contribution in [1.29, 1.82) is 0 Å². The second-order valence-electron chi connectivity index (χ2n) is 7.29. The molecule has 35 heavy (non-hydrogen) atoms. The minimum atomic E-state index is 0. The van der Waals surface area contributed by atoms with E-state index in [-0.39, 0.29) is 17.1 Å². The van der Waals surface area contributed by atoms with E-state index in [9.17, 15) is 9.59 Å². The number of aldehydes is 2. The maximum Gasteiger partial charge on any atom is 0.0849 e. The van der Waals surface area contributed by atoms with E-state index in [4.69, 9.17) is 0 Å². The van der Waals surface area contributed by atoms with E-state index in [1.165, 1.54) is 19.6 Å². The average Bonchev–Trinajstić information content (AvgIpc) is 3.67. The normalized spacial score (nSPS) is 13.1. The van der Waals surface area contributed by atoms with Crippen LogP contribution in [0.5, 0.6) is 0 Å². The van der Waals surface area contributed by atoms with Gasteiger partial charge in [-0.2, -0.15) is 24.3 Å². The summed E-state index contributed by atoms with van der Waals surface area (Å²) in [6.45, 7) is 0. The Hall–Kier alpha value is -2.12. The first kappa shape index (κ1) is 26.0. The van der Waals surface area contributed by atoms with E-state index >= 15 is 0 Å². The van der Waals surface area contributed by atoms with E-state index < -0.39 is 0 Å². The van der Waals surface area contributed by atoms with Crippen molar-refractivity contribution < 1.29 is 26.7 Å². The third kappa shape index (κ3) is 5.83. The summed E-state index contributed by atoms with van der Waals surface area (Å²) in [5.74, 6) is 0. The van der Waals surface area contributed by atoms with Gasteiger partial charge in [-0.05, 0) is 32.7 Å². The fourth-order valence-electron chi connectivity index (χ4n) is 3.47. The molecule has 4 aromatic carbocycles. The van der Waals surface area contributed by atoms with Gasteiger partial charge in [0.05, 0.1) is 12.6 Å². The van der Waals surface area contributed by atoms with Gasteiger partial charge >= 0.3 is 0 Å². The number of thioether (sulfide) groups is 4. The van der Waals surface area contributed by atoms with Crippen molar-refractivity contribution >= 4 is 70.8 Å². The van der Waals surface area contributed by atoms with Gasteiger partial charge in [0, 0.05) is 36.7 Å². The predicted octanol–water partition coefficient (Wildman–Crippen LogP) is 8.34. The molecule has 0 fully saturated rings. The molecule has 0 unspecified atom stereocenters. The maximum absolute atomic E-state index is 11.3. The number of carbonyl (C=O) groups excluding carboxylic acids is 2. The van der Waals surface area contributed by atoms with Gasteiger partial charge in [-0.3, -0.25) is 0 Å². The molecule has 0 radical (unpaired) electrons. The van der Waals surface area contributed by atoms with Crippen molar-refractivity contribution in [3.8, 4) is 0 Å². The Kier molecular flexibility index (Phi) is 9.06. The Morgan fingerprint density at radius 2 is 0.800 bits per heavy atom. The molecule has 7 heteroatoms. The number of fused-ring (bicyclic) bond motifs is 2. The van der Waals surface area contributed by atoms with Crippen LogP contribution in [0, 0.1) is 0 Å². The summed E-state index contributed by atoms with van der Waals surface area (Å²) < 4.78 is 2.15. The van der Waals surface area contributed by atoms with Crippen molar-refractivity contribution in [2.24, 2.45) is 0 Å². The van der Waals surface area contributed by atoms with Gasteiger partial charge in [0.1, 0.15) is 0 Å². The Morgan fingerprint density at radius 1 is 0.514 bits per heavy atom. The molecule has 6 rings (SSSR count). The van der Waals surface area contributed by atoms with Gasteiger partial charge in [0.15, 0.2) is 0 Å². The van der Waals surface area contributed by atoms with E-state index in [1.807, 2.05) is 72.8 Å². The molecule has 2 nitrogen and oxygen atoms in total. The summed E-state index contributed by atoms with van der Waals surface area (Å²) in [7, 11) is 0. The number of hydrogen-bond donors (Lipinski definition) is 0. The molecule has 2 heterocycles. The largest absolute Gasteiger partial charge is 0.344 e. The van der Waals surface area contributed by atoms with Gasteiger partial charge in [0.2, 0.25) is 0 Å². The molecule has 0 bridgehead atoms. The second kappa shape index (κ2) is 12.2. The molecule has 0 saturated heterocycles. The molecular formula is C28H18FeO2S4-2. The van der Waals surface area contributed by atoms with Crippen molar-refractivity contribution in [1.82, 2.24) is 0 Å². The van der Waals surface area contributed by atoms with E-state index in [1.54, 1.807) is 47.0 Å². The Balaban J connectivity index is 0.000000160. The molecule has 176 valence electrons. The van der Waals surface area contributed by atoms with Crippen LogP contribution in [0.3, 0.4) is 0 Å². The van der Waals surface area contributed by atoms with Crippen LogP contribution in [0.25, 0.3) is 11.1 Å². The third-order valence-corrected chi connectivity index (χ3v) is 10.3. The van der Waals surface area contributed by atoms with Crippen molar-refractivity contribution in [2.45, 2.75) is 19.6 Å². The second-order valence-corrected chi connectivity index (χ2v) is 12.0. The predicted molar refractivity (Wildman–Crippen MR) is 146 cm³/mol. The molecule has 2 aliphatic rings.